The van der Waals surface area contributed by atoms with E-state index >= 15 is 0 Å². The van der Waals surface area contributed by atoms with Gasteiger partial charge in [-0.3, -0.25) is 14.5 Å². The van der Waals surface area contributed by atoms with Crippen molar-refractivity contribution in [2.24, 2.45) is 0 Å². The molecule has 0 unspecified atom stereocenters. The minimum Gasteiger partial charge on any atom is -0.338 e. The molecule has 250 valence electrons. The van der Waals surface area contributed by atoms with Crippen molar-refractivity contribution in [3.63, 3.8) is 0 Å². The molecule has 5 nitrogen and oxygen atoms in total. The van der Waals surface area contributed by atoms with Crippen molar-refractivity contribution in [1.82, 2.24) is 14.7 Å². The lowest BCUT2D eigenvalue weighted by Crippen LogP contribution is -2.56. The molecule has 1 atom stereocenters. The summed E-state index contributed by atoms with van der Waals surface area (Å²) in [7, 11) is 0. The quantitative estimate of drug-likeness (QED) is 0.125. The highest BCUT2D eigenvalue weighted by Gasteiger charge is 2.34. The van der Waals surface area contributed by atoms with Gasteiger partial charge in [0.25, 0.3) is 0 Å². The van der Waals surface area contributed by atoms with Crippen LogP contribution in [0.3, 0.4) is 0 Å². The van der Waals surface area contributed by atoms with E-state index in [0.29, 0.717) is 32.2 Å². The van der Waals surface area contributed by atoms with E-state index in [2.05, 4.69) is 17.0 Å². The van der Waals surface area contributed by atoms with Crippen molar-refractivity contribution in [3.05, 3.63) is 148 Å². The van der Waals surface area contributed by atoms with Gasteiger partial charge in [0.15, 0.2) is 0 Å². The summed E-state index contributed by atoms with van der Waals surface area (Å²) in [6.45, 7) is 5.29. The van der Waals surface area contributed by atoms with Gasteiger partial charge < -0.3 is 9.80 Å². The van der Waals surface area contributed by atoms with Gasteiger partial charge in [0.2, 0.25) is 11.8 Å². The standard InChI is InChI=1S/C39H39F4N3O2/c1-2-29-13-15-32(16-14-29)28-46(37(47)20-18-33-17-19-34(26-35(33)40)39(41,42)43)36(25-30-9-5-3-6-10-30)38(48)45-23-21-44(22-24-45)27-31-11-7-4-8-12-31/h3-20,26,36H,2,21-25,27-28H2,1H3/b20-18+/t36-/m0/s1. The summed E-state index contributed by atoms with van der Waals surface area (Å²) >= 11 is 0. The van der Waals surface area contributed by atoms with Crippen LogP contribution in [0, 0.1) is 5.82 Å². The summed E-state index contributed by atoms with van der Waals surface area (Å²) in [5, 5.41) is 0. The van der Waals surface area contributed by atoms with Crippen LogP contribution in [0.5, 0.6) is 0 Å². The monoisotopic (exact) mass is 657 g/mol. The Hall–Kier alpha value is -4.76. The molecule has 1 aliphatic rings. The van der Waals surface area contributed by atoms with Crippen LogP contribution < -0.4 is 0 Å². The Labute approximate surface area is 279 Å². The van der Waals surface area contributed by atoms with Crippen molar-refractivity contribution >= 4 is 17.9 Å². The average Bonchev–Trinajstić information content (AvgIpc) is 3.10. The number of amides is 2. The number of hydrogen-bond acceptors (Lipinski definition) is 3. The highest BCUT2D eigenvalue weighted by atomic mass is 19.4. The fourth-order valence-corrected chi connectivity index (χ4v) is 5.86. The summed E-state index contributed by atoms with van der Waals surface area (Å²) in [5.41, 5.74) is 2.73. The summed E-state index contributed by atoms with van der Waals surface area (Å²) in [4.78, 5) is 34.0. The Balaban J connectivity index is 1.43. The second kappa shape index (κ2) is 15.9. The molecule has 4 aromatic carbocycles. The lowest BCUT2D eigenvalue weighted by Gasteiger charge is -2.39. The van der Waals surface area contributed by atoms with Gasteiger partial charge in [-0.2, -0.15) is 13.2 Å². The number of rotatable bonds is 11. The summed E-state index contributed by atoms with van der Waals surface area (Å²) in [6.07, 6.45) is -1.30. The lowest BCUT2D eigenvalue weighted by atomic mass is 10.0. The molecule has 1 heterocycles. The van der Waals surface area contributed by atoms with Gasteiger partial charge in [-0.25, -0.2) is 4.39 Å². The molecule has 0 aromatic heterocycles. The van der Waals surface area contributed by atoms with Gasteiger partial charge in [-0.1, -0.05) is 97.9 Å². The van der Waals surface area contributed by atoms with E-state index in [1.165, 1.54) is 10.5 Å². The number of nitrogens with zero attached hydrogens (tertiary/aromatic N) is 3. The third-order valence-corrected chi connectivity index (χ3v) is 8.67. The average molecular weight is 658 g/mol. The zero-order valence-corrected chi connectivity index (χ0v) is 26.9. The molecule has 1 aliphatic heterocycles. The molecule has 5 rings (SSSR count). The molecule has 9 heteroatoms. The van der Waals surface area contributed by atoms with E-state index in [1.807, 2.05) is 79.7 Å². The Bertz CT molecular complexity index is 1680. The molecule has 0 bridgehead atoms. The van der Waals surface area contributed by atoms with Crippen LogP contribution in [-0.2, 0) is 41.7 Å². The van der Waals surface area contributed by atoms with Gasteiger partial charge in [-0.15, -0.1) is 0 Å². The van der Waals surface area contributed by atoms with E-state index in [1.54, 1.807) is 4.90 Å². The number of hydrogen-bond donors (Lipinski definition) is 0. The van der Waals surface area contributed by atoms with E-state index in [-0.39, 0.29) is 24.4 Å². The van der Waals surface area contributed by atoms with Gasteiger partial charge >= 0.3 is 6.18 Å². The van der Waals surface area contributed by atoms with Gasteiger partial charge in [0.05, 0.1) is 5.56 Å². The molecule has 0 saturated carbocycles. The second-order valence-electron chi connectivity index (χ2n) is 12.0. The first-order valence-electron chi connectivity index (χ1n) is 16.1. The first-order valence-corrected chi connectivity index (χ1v) is 16.1. The van der Waals surface area contributed by atoms with E-state index in [4.69, 9.17) is 0 Å². The molecule has 0 spiro atoms. The Morgan fingerprint density at radius 2 is 1.40 bits per heavy atom. The SMILES string of the molecule is CCc1ccc(CN(C(=O)/C=C/c2ccc(C(F)(F)F)cc2F)[C@@H](Cc2ccccc2)C(=O)N2CCN(Cc3ccccc3)CC2)cc1. The molecule has 0 N–H and O–H groups in total. The highest BCUT2D eigenvalue weighted by molar-refractivity contribution is 5.95. The summed E-state index contributed by atoms with van der Waals surface area (Å²) in [6, 6.07) is 28.7. The maximum absolute atomic E-state index is 14.7. The van der Waals surface area contributed by atoms with Gasteiger partial charge in [0.1, 0.15) is 11.9 Å². The van der Waals surface area contributed by atoms with E-state index in [0.717, 1.165) is 53.9 Å². The smallest absolute Gasteiger partial charge is 0.338 e. The summed E-state index contributed by atoms with van der Waals surface area (Å²) in [5.74, 6) is -1.84. The third-order valence-electron chi connectivity index (χ3n) is 8.67. The van der Waals surface area contributed by atoms with Crippen LogP contribution in [0.2, 0.25) is 0 Å². The van der Waals surface area contributed by atoms with Crippen molar-refractivity contribution in [2.45, 2.75) is 45.1 Å². The number of carbonyl (C=O) groups is 2. The lowest BCUT2D eigenvalue weighted by molar-refractivity contribution is -0.145. The summed E-state index contributed by atoms with van der Waals surface area (Å²) < 4.78 is 54.0. The maximum atomic E-state index is 14.7. The molecule has 0 radical (unpaired) electrons. The molecule has 1 fully saturated rings. The van der Waals surface area contributed by atoms with Crippen LogP contribution >= 0.6 is 0 Å². The van der Waals surface area contributed by atoms with Crippen molar-refractivity contribution in [3.8, 4) is 0 Å². The first kappa shape index (κ1) is 34.6. The first-order chi connectivity index (χ1) is 23.1. The Morgan fingerprint density at radius 3 is 1.98 bits per heavy atom. The molecule has 4 aromatic rings. The fraction of sp³-hybridized carbons (Fsp3) is 0.282. The van der Waals surface area contributed by atoms with Crippen molar-refractivity contribution in [1.29, 1.82) is 0 Å². The molecule has 1 saturated heterocycles. The molecular weight excluding hydrogens is 618 g/mol. The van der Waals surface area contributed by atoms with Crippen LogP contribution in [-0.4, -0.2) is 58.7 Å². The van der Waals surface area contributed by atoms with E-state index in [9.17, 15) is 27.2 Å². The number of piperazine rings is 1. The van der Waals surface area contributed by atoms with Crippen LogP contribution in [0.1, 0.15) is 40.3 Å². The number of aryl methyl sites for hydroxylation is 1. The number of carbonyl (C=O) groups excluding carboxylic acids is 2. The minimum absolute atomic E-state index is 0.111. The van der Waals surface area contributed by atoms with Crippen LogP contribution in [0.15, 0.2) is 109 Å². The minimum atomic E-state index is -4.69. The van der Waals surface area contributed by atoms with E-state index < -0.39 is 29.5 Å². The number of halogens is 4. The number of benzene rings is 4. The number of alkyl halides is 3. The van der Waals surface area contributed by atoms with Crippen molar-refractivity contribution in [2.75, 3.05) is 26.2 Å². The normalized spacial score (nSPS) is 14.6. The fourth-order valence-electron chi connectivity index (χ4n) is 5.86. The van der Waals surface area contributed by atoms with Crippen LogP contribution in [0.25, 0.3) is 6.08 Å². The second-order valence-corrected chi connectivity index (χ2v) is 12.0. The highest BCUT2D eigenvalue weighted by Crippen LogP contribution is 2.30. The predicted molar refractivity (Wildman–Crippen MR) is 179 cm³/mol. The van der Waals surface area contributed by atoms with Crippen LogP contribution in [0.4, 0.5) is 17.6 Å². The predicted octanol–water partition coefficient (Wildman–Crippen LogP) is 7.40. The zero-order valence-electron chi connectivity index (χ0n) is 26.9. The molecular formula is C39H39F4N3O2. The largest absolute Gasteiger partial charge is 0.416 e. The third kappa shape index (κ3) is 9.19. The molecule has 48 heavy (non-hydrogen) atoms. The maximum Gasteiger partial charge on any atom is 0.416 e. The molecule has 0 aliphatic carbocycles. The zero-order chi connectivity index (χ0) is 34.1. The Morgan fingerprint density at radius 1 is 0.792 bits per heavy atom. The topological polar surface area (TPSA) is 43.9 Å². The van der Waals surface area contributed by atoms with Crippen molar-refractivity contribution < 1.29 is 27.2 Å². The molecule has 2 amide bonds. The van der Waals surface area contributed by atoms with Gasteiger partial charge in [0, 0.05) is 57.3 Å². The Kier molecular flexibility index (Phi) is 11.4. The van der Waals surface area contributed by atoms with Gasteiger partial charge in [-0.05, 0) is 46.9 Å².